The highest BCUT2D eigenvalue weighted by molar-refractivity contribution is 5.23. The molecule has 0 aromatic carbocycles. The molecule has 3 heterocycles. The van der Waals surface area contributed by atoms with Crippen molar-refractivity contribution in [2.24, 2.45) is 45.8 Å². The van der Waals surface area contributed by atoms with Crippen molar-refractivity contribution in [3.63, 3.8) is 0 Å². The van der Waals surface area contributed by atoms with Crippen molar-refractivity contribution in [2.75, 3.05) is 13.2 Å². The average molecular weight is 901 g/mol. The third kappa shape index (κ3) is 7.54. The van der Waals surface area contributed by atoms with E-state index in [1.807, 2.05) is 6.92 Å². The number of fused-ring (bicyclic) bond motifs is 7. The minimum absolute atomic E-state index is 0.00380. The summed E-state index contributed by atoms with van der Waals surface area (Å²) < 4.78 is 36.1. The Hall–Kier alpha value is -0.940. The first-order valence-corrected chi connectivity index (χ1v) is 23.5. The van der Waals surface area contributed by atoms with Crippen LogP contribution in [-0.4, -0.2) is 179 Å². The molecule has 0 amide bonds. The van der Waals surface area contributed by atoms with Crippen molar-refractivity contribution in [2.45, 2.75) is 215 Å². The Labute approximate surface area is 370 Å². The molecule has 6 unspecified atom stereocenters. The van der Waals surface area contributed by atoms with Crippen LogP contribution in [0, 0.1) is 45.8 Å². The SMILES string of the molecule is C=C(C)C1CC[C@]2(O[C@@H]3O[C@H](CO[C@@H]4O[C@H](CO)[C@@H](O[C@@H]5O[C@H](C)[C@H](O)[C@@H](O)[C@H]5O)[C@@H](O)[C@H]4O)[C@@H](O)[C@@H](O)[C@H]3O)CCC3(C)C(CCC4[C@@]5(C)CC[C@H](O)[C@@](C)(O)C5CC[C@]43C)C12. The molecule has 3 saturated heterocycles. The molecule has 0 spiro atoms. The molecule has 0 radical (unpaired) electrons. The predicted octanol–water partition coefficient (Wildman–Crippen LogP) is -0.0254. The highest BCUT2D eigenvalue weighted by Crippen LogP contribution is 2.76. The van der Waals surface area contributed by atoms with Crippen LogP contribution in [0.25, 0.3) is 0 Å². The van der Waals surface area contributed by atoms with Gasteiger partial charge in [-0.3, -0.25) is 0 Å². The van der Waals surface area contributed by atoms with Gasteiger partial charge in [0.2, 0.25) is 0 Å². The molecule has 5 saturated carbocycles. The average Bonchev–Trinajstić information content (AvgIpc) is 3.62. The maximum atomic E-state index is 11.7. The van der Waals surface area contributed by atoms with Crippen LogP contribution >= 0.6 is 0 Å². The fourth-order valence-corrected chi connectivity index (χ4v) is 15.1. The fourth-order valence-electron chi connectivity index (χ4n) is 15.1. The zero-order chi connectivity index (χ0) is 45.9. The first-order chi connectivity index (χ1) is 29.5. The van der Waals surface area contributed by atoms with Gasteiger partial charge in [0.05, 0.1) is 36.6 Å². The van der Waals surface area contributed by atoms with Gasteiger partial charge in [-0.05, 0) is 131 Å². The van der Waals surface area contributed by atoms with Crippen molar-refractivity contribution in [1.82, 2.24) is 0 Å². The minimum atomic E-state index is -1.80. The lowest BCUT2D eigenvalue weighted by molar-refractivity contribution is -0.368. The van der Waals surface area contributed by atoms with Crippen molar-refractivity contribution in [3.05, 3.63) is 12.2 Å². The van der Waals surface area contributed by atoms with E-state index in [2.05, 4.69) is 34.3 Å². The van der Waals surface area contributed by atoms with Crippen molar-refractivity contribution >= 4 is 0 Å². The molecule has 0 aromatic heterocycles. The Morgan fingerprint density at radius 2 is 1.29 bits per heavy atom. The summed E-state index contributed by atoms with van der Waals surface area (Å²) in [6, 6.07) is 0. The maximum Gasteiger partial charge on any atom is 0.187 e. The van der Waals surface area contributed by atoms with Crippen molar-refractivity contribution < 1.29 is 84.6 Å². The van der Waals surface area contributed by atoms with E-state index in [0.717, 1.165) is 50.5 Å². The summed E-state index contributed by atoms with van der Waals surface area (Å²) in [6.45, 7) is 15.8. The fraction of sp³-hybridized carbons (Fsp3) is 0.957. The molecule has 0 aromatic rings. The van der Waals surface area contributed by atoms with Gasteiger partial charge < -0.3 is 84.6 Å². The molecule has 17 nitrogen and oxygen atoms in total. The Kier molecular flexibility index (Phi) is 13.3. The van der Waals surface area contributed by atoms with E-state index >= 15 is 0 Å². The first kappa shape index (κ1) is 48.5. The largest absolute Gasteiger partial charge is 0.394 e. The Morgan fingerprint density at radius 3 is 1.97 bits per heavy atom. The molecule has 5 aliphatic carbocycles. The van der Waals surface area contributed by atoms with Crippen LogP contribution in [0.2, 0.25) is 0 Å². The van der Waals surface area contributed by atoms with E-state index < -0.39 is 123 Å². The van der Waals surface area contributed by atoms with Gasteiger partial charge in [-0.2, -0.15) is 0 Å². The van der Waals surface area contributed by atoms with E-state index in [1.165, 1.54) is 6.92 Å². The van der Waals surface area contributed by atoms with Crippen LogP contribution in [0.15, 0.2) is 12.2 Å². The van der Waals surface area contributed by atoms with Gasteiger partial charge in [-0.15, -0.1) is 0 Å². The van der Waals surface area contributed by atoms with Gasteiger partial charge in [0.15, 0.2) is 18.9 Å². The van der Waals surface area contributed by atoms with Crippen LogP contribution in [0.4, 0.5) is 0 Å². The lowest BCUT2D eigenvalue weighted by Crippen LogP contribution is -2.69. The van der Waals surface area contributed by atoms with E-state index in [1.54, 1.807) is 0 Å². The molecular formula is C46H76O17. The second-order valence-corrected chi connectivity index (χ2v) is 22.0. The van der Waals surface area contributed by atoms with Crippen molar-refractivity contribution in [3.8, 4) is 0 Å². The highest BCUT2D eigenvalue weighted by atomic mass is 16.8. The molecule has 26 atom stereocenters. The van der Waals surface area contributed by atoms with Gasteiger partial charge in [0, 0.05) is 0 Å². The van der Waals surface area contributed by atoms with Gasteiger partial charge in [0.25, 0.3) is 0 Å². The Morgan fingerprint density at radius 1 is 0.635 bits per heavy atom. The molecule has 8 fully saturated rings. The molecule has 63 heavy (non-hydrogen) atoms. The second-order valence-electron chi connectivity index (χ2n) is 22.0. The van der Waals surface area contributed by atoms with E-state index in [0.29, 0.717) is 25.2 Å². The minimum Gasteiger partial charge on any atom is -0.394 e. The summed E-state index contributed by atoms with van der Waals surface area (Å²) in [5.41, 5.74) is -1.08. The number of rotatable bonds is 9. The van der Waals surface area contributed by atoms with E-state index in [4.69, 9.17) is 28.4 Å². The van der Waals surface area contributed by atoms with Gasteiger partial charge in [-0.1, -0.05) is 32.9 Å². The molecule has 11 N–H and O–H groups in total. The van der Waals surface area contributed by atoms with E-state index in [-0.39, 0.29) is 39.9 Å². The predicted molar refractivity (Wildman–Crippen MR) is 221 cm³/mol. The maximum absolute atomic E-state index is 11.7. The van der Waals surface area contributed by atoms with Crippen LogP contribution in [-0.2, 0) is 28.4 Å². The normalized spacial score (nSPS) is 58.3. The summed E-state index contributed by atoms with van der Waals surface area (Å²) >= 11 is 0. The third-order valence-electron chi connectivity index (χ3n) is 19.0. The highest BCUT2D eigenvalue weighted by Gasteiger charge is 2.72. The number of hydrogen-bond acceptors (Lipinski definition) is 17. The topological polar surface area (TPSA) is 278 Å². The van der Waals surface area contributed by atoms with Crippen molar-refractivity contribution in [1.29, 1.82) is 0 Å². The summed E-state index contributed by atoms with van der Waals surface area (Å²) in [5, 5.41) is 120. The number of aliphatic hydroxyl groups is 11. The number of allylic oxidation sites excluding steroid dienone is 1. The smallest absolute Gasteiger partial charge is 0.187 e. The third-order valence-corrected chi connectivity index (χ3v) is 19.0. The molecule has 8 aliphatic rings. The summed E-state index contributed by atoms with van der Waals surface area (Å²) in [7, 11) is 0. The zero-order valence-electron chi connectivity index (χ0n) is 37.7. The Bertz CT molecular complexity index is 1650. The van der Waals surface area contributed by atoms with Crippen LogP contribution in [0.1, 0.15) is 106 Å². The summed E-state index contributed by atoms with van der Waals surface area (Å²) in [5.74, 6) is 0.757. The van der Waals surface area contributed by atoms with Gasteiger partial charge in [0.1, 0.15) is 67.1 Å². The number of hydrogen-bond donors (Lipinski definition) is 11. The summed E-state index contributed by atoms with van der Waals surface area (Å²) in [4.78, 5) is 0. The molecule has 362 valence electrons. The number of ether oxygens (including phenoxy) is 6. The lowest BCUT2D eigenvalue weighted by atomic mass is 9.33. The molecule has 3 aliphatic heterocycles. The monoisotopic (exact) mass is 901 g/mol. The van der Waals surface area contributed by atoms with E-state index in [9.17, 15) is 56.2 Å². The quantitative estimate of drug-likeness (QED) is 0.107. The van der Waals surface area contributed by atoms with Crippen LogP contribution in [0.5, 0.6) is 0 Å². The molecule has 17 heteroatoms. The Balaban J connectivity index is 0.975. The number of aliphatic hydroxyl groups excluding tert-OH is 10. The zero-order valence-corrected chi connectivity index (χ0v) is 37.7. The van der Waals surface area contributed by atoms with Crippen LogP contribution in [0.3, 0.4) is 0 Å². The second kappa shape index (κ2) is 17.2. The first-order valence-electron chi connectivity index (χ1n) is 23.5. The standard InChI is InChI=1S/C46H76O17/c1-20(2)22-10-15-46(17-16-43(5)23(29(22)46)8-9-26-42(4)13-12-28(48)45(7,57)27(42)11-14-44(26,43)6)63-41-36(55)33(52)31(50)25(61-41)19-58-39-37(56)34(53)38(24(18-47)60-39)62-40-35(54)32(51)30(49)21(3)59-40/h21-41,47-57H,1,8-19H2,2-7H3/t21-,22?,23?,24-,25-,26?,27?,28+,29?,30+,31-,32-,33-,34+,35-,36-,37-,38-,39-,40+,41+,42-,43?,44-,45+,46+/m1/s1. The lowest BCUT2D eigenvalue weighted by Gasteiger charge is -2.72. The molecular weight excluding hydrogens is 824 g/mol. The molecule has 0 bridgehead atoms. The van der Waals surface area contributed by atoms with Gasteiger partial charge >= 0.3 is 0 Å². The molecule has 8 rings (SSSR count). The summed E-state index contributed by atoms with van der Waals surface area (Å²) in [6.07, 6.45) is -15.4. The van der Waals surface area contributed by atoms with Crippen LogP contribution < -0.4 is 0 Å². The van der Waals surface area contributed by atoms with Gasteiger partial charge in [-0.25, -0.2) is 0 Å².